The van der Waals surface area contributed by atoms with Crippen LogP contribution < -0.4 is 11.5 Å². The lowest BCUT2D eigenvalue weighted by molar-refractivity contribution is -0.142. The van der Waals surface area contributed by atoms with Crippen LogP contribution in [0.15, 0.2) is 0 Å². The highest BCUT2D eigenvalue weighted by molar-refractivity contribution is 5.74. The van der Waals surface area contributed by atoms with E-state index in [0.29, 0.717) is 0 Å². The Hall–Kier alpha value is -1.22. The molecule has 0 saturated heterocycles. The van der Waals surface area contributed by atoms with Crippen molar-refractivity contribution in [1.29, 1.82) is 0 Å². The maximum absolute atomic E-state index is 10.1. The fourth-order valence-corrected chi connectivity index (χ4v) is 0.554. The highest BCUT2D eigenvalue weighted by atomic mass is 16.5. The second-order valence-electron chi connectivity index (χ2n) is 3.41. The fraction of sp³-hybridized carbons (Fsp3) is 0.778. The van der Waals surface area contributed by atoms with Crippen LogP contribution in [0.4, 0.5) is 0 Å². The topological polar surface area (TPSA) is 156 Å². The van der Waals surface area contributed by atoms with Crippen molar-refractivity contribution in [2.45, 2.75) is 38.1 Å². The van der Waals surface area contributed by atoms with Gasteiger partial charge in [-0.1, -0.05) is 0 Å². The van der Waals surface area contributed by atoms with Crippen LogP contribution in [-0.4, -0.2) is 58.7 Å². The molecule has 0 fully saturated rings. The number of carboxylic acid groups (broad SMARTS) is 2. The van der Waals surface area contributed by atoms with E-state index in [4.69, 9.17) is 26.8 Å². The van der Waals surface area contributed by atoms with E-state index >= 15 is 0 Å². The van der Waals surface area contributed by atoms with Crippen molar-refractivity contribution in [1.82, 2.24) is 0 Å². The molecule has 0 amide bonds. The van der Waals surface area contributed by atoms with Crippen LogP contribution in [0.2, 0.25) is 0 Å². The molecular formula is C9H20N2O6. The summed E-state index contributed by atoms with van der Waals surface area (Å²) in [4.78, 5) is 20.0. The van der Waals surface area contributed by atoms with Crippen molar-refractivity contribution in [2.24, 2.45) is 11.5 Å². The zero-order chi connectivity index (χ0) is 14.2. The summed E-state index contributed by atoms with van der Waals surface area (Å²) in [6.07, 6.45) is -1.41. The summed E-state index contributed by atoms with van der Waals surface area (Å²) in [5.74, 6) is -2.22. The van der Waals surface area contributed by atoms with E-state index in [9.17, 15) is 9.59 Å². The van der Waals surface area contributed by atoms with Crippen molar-refractivity contribution in [3.63, 3.8) is 0 Å². The van der Waals surface area contributed by atoms with Crippen molar-refractivity contribution >= 4 is 11.9 Å². The number of carboxylic acids is 2. The Bertz CT molecular complexity index is 246. The number of carbonyl (C=O) groups is 2. The standard InChI is InChI=1S/C5H11NO3.C4H9NO3/c1-3(9-2)4(6)5(7)8;1-2(6)3(5)4(7)8/h3-4H,6H2,1-2H3,(H,7,8);2-3,6H,5H2,1H3,(H,7,8)/t3-,4+;2-,3+/m11/s1. The molecule has 0 aliphatic carbocycles. The first-order chi connectivity index (χ1) is 7.64. The zero-order valence-electron chi connectivity index (χ0n) is 10.0. The van der Waals surface area contributed by atoms with Crippen LogP contribution in [-0.2, 0) is 14.3 Å². The van der Waals surface area contributed by atoms with Gasteiger partial charge in [0.2, 0.25) is 0 Å². The zero-order valence-corrected chi connectivity index (χ0v) is 10.0. The van der Waals surface area contributed by atoms with Gasteiger partial charge in [0, 0.05) is 7.11 Å². The Morgan fingerprint density at radius 3 is 1.47 bits per heavy atom. The molecule has 17 heavy (non-hydrogen) atoms. The van der Waals surface area contributed by atoms with Gasteiger partial charge in [0.25, 0.3) is 0 Å². The maximum Gasteiger partial charge on any atom is 0.323 e. The van der Waals surface area contributed by atoms with Gasteiger partial charge < -0.3 is 31.5 Å². The van der Waals surface area contributed by atoms with Gasteiger partial charge in [-0.25, -0.2) is 0 Å². The predicted octanol–water partition coefficient (Wildman–Crippen LogP) is -1.79. The first-order valence-electron chi connectivity index (χ1n) is 4.82. The second-order valence-corrected chi connectivity index (χ2v) is 3.41. The van der Waals surface area contributed by atoms with Gasteiger partial charge in [-0.15, -0.1) is 0 Å². The molecule has 0 aliphatic heterocycles. The summed E-state index contributed by atoms with van der Waals surface area (Å²) in [5.41, 5.74) is 10.1. The number of nitrogens with two attached hydrogens (primary N) is 2. The van der Waals surface area contributed by atoms with Crippen LogP contribution in [0.5, 0.6) is 0 Å². The number of aliphatic hydroxyl groups is 1. The molecule has 0 radical (unpaired) electrons. The molecule has 8 nitrogen and oxygen atoms in total. The summed E-state index contributed by atoms with van der Waals surface area (Å²) in [6, 6.07) is -2.08. The third kappa shape index (κ3) is 8.57. The average molecular weight is 252 g/mol. The normalized spacial score (nSPS) is 17.1. The highest BCUT2D eigenvalue weighted by Gasteiger charge is 2.18. The molecule has 0 aliphatic rings. The Labute approximate surface area is 99.2 Å². The number of ether oxygens (including phenoxy) is 1. The molecule has 0 unspecified atom stereocenters. The van der Waals surface area contributed by atoms with E-state index in [1.54, 1.807) is 6.92 Å². The minimum absolute atomic E-state index is 0.428. The van der Waals surface area contributed by atoms with Crippen LogP contribution in [0.25, 0.3) is 0 Å². The van der Waals surface area contributed by atoms with Crippen LogP contribution in [0.3, 0.4) is 0 Å². The lowest BCUT2D eigenvalue weighted by atomic mass is 10.2. The van der Waals surface area contributed by atoms with Crippen LogP contribution in [0, 0.1) is 0 Å². The molecule has 0 aromatic heterocycles. The third-order valence-electron chi connectivity index (χ3n) is 1.97. The Balaban J connectivity index is 0. The fourth-order valence-electron chi connectivity index (χ4n) is 0.554. The minimum atomic E-state index is -1.18. The van der Waals surface area contributed by atoms with E-state index in [2.05, 4.69) is 4.74 Å². The average Bonchev–Trinajstić information content (AvgIpc) is 2.26. The van der Waals surface area contributed by atoms with Crippen molar-refractivity contribution in [3.8, 4) is 0 Å². The maximum atomic E-state index is 10.1. The number of methoxy groups -OCH3 is 1. The van der Waals surface area contributed by atoms with E-state index in [0.717, 1.165) is 0 Å². The SMILES string of the molecule is CO[C@H](C)[C@H](N)C(=O)O.C[C@@H](O)[C@H](N)C(=O)O. The molecule has 0 rings (SSSR count). The predicted molar refractivity (Wildman–Crippen MR) is 59.4 cm³/mol. The van der Waals surface area contributed by atoms with Crippen molar-refractivity contribution in [3.05, 3.63) is 0 Å². The molecule has 4 atom stereocenters. The largest absolute Gasteiger partial charge is 0.480 e. The van der Waals surface area contributed by atoms with Crippen LogP contribution >= 0.6 is 0 Å². The van der Waals surface area contributed by atoms with Gasteiger partial charge >= 0.3 is 11.9 Å². The number of aliphatic hydroxyl groups excluding tert-OH is 1. The van der Waals surface area contributed by atoms with Gasteiger partial charge in [0.05, 0.1) is 12.2 Å². The number of rotatable bonds is 5. The van der Waals surface area contributed by atoms with Crippen LogP contribution in [0.1, 0.15) is 13.8 Å². The first-order valence-corrected chi connectivity index (χ1v) is 4.82. The summed E-state index contributed by atoms with van der Waals surface area (Å²) in [7, 11) is 1.42. The minimum Gasteiger partial charge on any atom is -0.480 e. The molecule has 7 N–H and O–H groups in total. The molecule has 0 aromatic carbocycles. The molecule has 8 heteroatoms. The molecule has 0 heterocycles. The summed E-state index contributed by atoms with van der Waals surface area (Å²) < 4.78 is 4.67. The molecule has 0 spiro atoms. The monoisotopic (exact) mass is 252 g/mol. The summed E-state index contributed by atoms with van der Waals surface area (Å²) in [5, 5.41) is 24.8. The number of hydrogen-bond acceptors (Lipinski definition) is 6. The van der Waals surface area contributed by atoms with E-state index < -0.39 is 36.2 Å². The number of hydrogen-bond donors (Lipinski definition) is 5. The quantitative estimate of drug-likeness (QED) is 0.384. The lowest BCUT2D eigenvalue weighted by Crippen LogP contribution is -2.40. The van der Waals surface area contributed by atoms with E-state index in [-0.39, 0.29) is 0 Å². The summed E-state index contributed by atoms with van der Waals surface area (Å²) >= 11 is 0. The van der Waals surface area contributed by atoms with Gasteiger partial charge in [-0.3, -0.25) is 9.59 Å². The number of aliphatic carboxylic acids is 2. The van der Waals surface area contributed by atoms with Gasteiger partial charge in [-0.2, -0.15) is 0 Å². The molecular weight excluding hydrogens is 232 g/mol. The third-order valence-corrected chi connectivity index (χ3v) is 1.97. The molecule has 0 bridgehead atoms. The van der Waals surface area contributed by atoms with Gasteiger partial charge in [0.15, 0.2) is 0 Å². The Morgan fingerprint density at radius 1 is 1.06 bits per heavy atom. The smallest absolute Gasteiger partial charge is 0.323 e. The second kappa shape index (κ2) is 8.88. The van der Waals surface area contributed by atoms with E-state index in [1.165, 1.54) is 14.0 Å². The summed E-state index contributed by atoms with van der Waals surface area (Å²) in [6.45, 7) is 2.94. The first kappa shape index (κ1) is 18.2. The highest BCUT2D eigenvalue weighted by Crippen LogP contribution is 1.92. The van der Waals surface area contributed by atoms with E-state index in [1.807, 2.05) is 0 Å². The van der Waals surface area contributed by atoms with Crippen molar-refractivity contribution < 1.29 is 29.6 Å². The van der Waals surface area contributed by atoms with Gasteiger partial charge in [0.1, 0.15) is 12.1 Å². The Morgan fingerprint density at radius 2 is 1.41 bits per heavy atom. The van der Waals surface area contributed by atoms with Crippen molar-refractivity contribution in [2.75, 3.05) is 7.11 Å². The lowest BCUT2D eigenvalue weighted by Gasteiger charge is -2.12. The molecule has 0 saturated carbocycles. The molecule has 0 aromatic rings. The molecule has 102 valence electrons. The Kier molecular flexibility index (Phi) is 9.48. The van der Waals surface area contributed by atoms with Gasteiger partial charge in [-0.05, 0) is 13.8 Å².